The second kappa shape index (κ2) is 5.75. The van der Waals surface area contributed by atoms with E-state index in [1.807, 2.05) is 62.6 Å². The first kappa shape index (κ1) is 12.7. The minimum atomic E-state index is 1.03. The highest BCUT2D eigenvalue weighted by molar-refractivity contribution is 9.10. The summed E-state index contributed by atoms with van der Waals surface area (Å²) in [6.07, 6.45) is 0. The van der Waals surface area contributed by atoms with E-state index in [4.69, 9.17) is 0 Å². The molecule has 90 valence electrons. The molecule has 2 aromatic carbocycles. The van der Waals surface area contributed by atoms with E-state index in [0.717, 1.165) is 21.3 Å². The SMILES string of the molecule is CN(C)c1c(Br)cccc1C#Cc1ccccc1. The van der Waals surface area contributed by atoms with E-state index in [1.54, 1.807) is 0 Å². The predicted octanol–water partition coefficient (Wildman–Crippen LogP) is 3.91. The van der Waals surface area contributed by atoms with E-state index in [0.29, 0.717) is 0 Å². The first-order chi connectivity index (χ1) is 8.68. The Morgan fingerprint density at radius 3 is 2.28 bits per heavy atom. The van der Waals surface area contributed by atoms with Crippen LogP contribution in [0.2, 0.25) is 0 Å². The molecular formula is C16H14BrN. The van der Waals surface area contributed by atoms with Crippen LogP contribution in [0.3, 0.4) is 0 Å². The number of anilines is 1. The molecule has 2 aromatic rings. The predicted molar refractivity (Wildman–Crippen MR) is 80.9 cm³/mol. The zero-order chi connectivity index (χ0) is 13.0. The standard InChI is InChI=1S/C16H14BrN/c1-18(2)16-14(9-6-10-15(16)17)12-11-13-7-4-3-5-8-13/h3-10H,1-2H3. The molecule has 0 aromatic heterocycles. The highest BCUT2D eigenvalue weighted by atomic mass is 79.9. The van der Waals surface area contributed by atoms with Gasteiger partial charge in [-0.05, 0) is 40.2 Å². The average molecular weight is 300 g/mol. The second-order valence-electron chi connectivity index (χ2n) is 4.15. The van der Waals surface area contributed by atoms with Gasteiger partial charge in [0, 0.05) is 29.7 Å². The van der Waals surface area contributed by atoms with E-state index in [2.05, 4.69) is 32.7 Å². The fourth-order valence-electron chi connectivity index (χ4n) is 1.73. The highest BCUT2D eigenvalue weighted by Gasteiger charge is 2.06. The minimum absolute atomic E-state index is 1.03. The number of hydrogen-bond donors (Lipinski definition) is 0. The van der Waals surface area contributed by atoms with E-state index in [-0.39, 0.29) is 0 Å². The van der Waals surface area contributed by atoms with Gasteiger partial charge in [0.1, 0.15) is 0 Å². The molecule has 0 unspecified atom stereocenters. The molecule has 0 saturated carbocycles. The number of benzene rings is 2. The molecule has 0 N–H and O–H groups in total. The van der Waals surface area contributed by atoms with Gasteiger partial charge in [-0.3, -0.25) is 0 Å². The van der Waals surface area contributed by atoms with Gasteiger partial charge >= 0.3 is 0 Å². The van der Waals surface area contributed by atoms with Gasteiger partial charge in [-0.15, -0.1) is 0 Å². The molecule has 0 aliphatic rings. The van der Waals surface area contributed by atoms with Crippen LogP contribution < -0.4 is 4.90 Å². The number of rotatable bonds is 1. The molecule has 0 aliphatic heterocycles. The van der Waals surface area contributed by atoms with Crippen LogP contribution in [0.4, 0.5) is 5.69 Å². The monoisotopic (exact) mass is 299 g/mol. The quantitative estimate of drug-likeness (QED) is 0.722. The van der Waals surface area contributed by atoms with Crippen LogP contribution in [0.5, 0.6) is 0 Å². The van der Waals surface area contributed by atoms with Crippen molar-refractivity contribution in [2.45, 2.75) is 0 Å². The van der Waals surface area contributed by atoms with Crippen LogP contribution in [0.1, 0.15) is 11.1 Å². The lowest BCUT2D eigenvalue weighted by atomic mass is 10.1. The Morgan fingerprint density at radius 2 is 1.61 bits per heavy atom. The smallest absolute Gasteiger partial charge is 0.0664 e. The Labute approximate surface area is 117 Å². The topological polar surface area (TPSA) is 3.24 Å². The third-order valence-corrected chi connectivity index (χ3v) is 3.19. The van der Waals surface area contributed by atoms with E-state index >= 15 is 0 Å². The molecule has 2 heteroatoms. The molecule has 18 heavy (non-hydrogen) atoms. The molecule has 0 spiro atoms. The molecule has 0 saturated heterocycles. The molecule has 0 radical (unpaired) electrons. The zero-order valence-electron chi connectivity index (χ0n) is 10.4. The lowest BCUT2D eigenvalue weighted by Crippen LogP contribution is -2.11. The van der Waals surface area contributed by atoms with Crippen molar-refractivity contribution in [2.24, 2.45) is 0 Å². The van der Waals surface area contributed by atoms with Crippen molar-refractivity contribution >= 4 is 21.6 Å². The van der Waals surface area contributed by atoms with E-state index in [9.17, 15) is 0 Å². The van der Waals surface area contributed by atoms with Gasteiger partial charge in [0.2, 0.25) is 0 Å². The fraction of sp³-hybridized carbons (Fsp3) is 0.125. The van der Waals surface area contributed by atoms with Crippen LogP contribution in [0.25, 0.3) is 0 Å². The molecule has 0 amide bonds. The summed E-state index contributed by atoms with van der Waals surface area (Å²) in [6.45, 7) is 0. The molecular weight excluding hydrogens is 286 g/mol. The summed E-state index contributed by atoms with van der Waals surface area (Å²) in [5.41, 5.74) is 3.17. The normalized spacial score (nSPS) is 9.50. The number of nitrogens with zero attached hydrogens (tertiary/aromatic N) is 1. The van der Waals surface area contributed by atoms with Gasteiger partial charge in [-0.1, -0.05) is 36.1 Å². The molecule has 1 nitrogen and oxygen atoms in total. The summed E-state index contributed by atoms with van der Waals surface area (Å²) in [4.78, 5) is 2.07. The van der Waals surface area contributed by atoms with Crippen molar-refractivity contribution < 1.29 is 0 Å². The highest BCUT2D eigenvalue weighted by Crippen LogP contribution is 2.28. The summed E-state index contributed by atoms with van der Waals surface area (Å²) in [5.74, 6) is 6.42. The largest absolute Gasteiger partial charge is 0.376 e. The van der Waals surface area contributed by atoms with Crippen LogP contribution in [-0.4, -0.2) is 14.1 Å². The maximum Gasteiger partial charge on any atom is 0.0664 e. The van der Waals surface area contributed by atoms with Gasteiger partial charge < -0.3 is 4.90 Å². The van der Waals surface area contributed by atoms with Crippen molar-refractivity contribution in [2.75, 3.05) is 19.0 Å². The maximum absolute atomic E-state index is 3.56. The van der Waals surface area contributed by atoms with Crippen LogP contribution in [-0.2, 0) is 0 Å². The van der Waals surface area contributed by atoms with Crippen molar-refractivity contribution in [3.05, 3.63) is 64.1 Å². The molecule has 0 aliphatic carbocycles. The summed E-state index contributed by atoms with van der Waals surface area (Å²) in [7, 11) is 4.04. The molecule has 0 fully saturated rings. The van der Waals surface area contributed by atoms with Gasteiger partial charge in [0.05, 0.1) is 5.69 Å². The van der Waals surface area contributed by atoms with Crippen molar-refractivity contribution in [3.8, 4) is 11.8 Å². The Bertz CT molecular complexity index is 591. The van der Waals surface area contributed by atoms with Gasteiger partial charge in [-0.25, -0.2) is 0 Å². The second-order valence-corrected chi connectivity index (χ2v) is 5.00. The first-order valence-corrected chi connectivity index (χ1v) is 6.50. The van der Waals surface area contributed by atoms with E-state index in [1.165, 1.54) is 0 Å². The van der Waals surface area contributed by atoms with Crippen LogP contribution >= 0.6 is 15.9 Å². The summed E-state index contributed by atoms with van der Waals surface area (Å²) >= 11 is 3.56. The summed E-state index contributed by atoms with van der Waals surface area (Å²) in [6, 6.07) is 16.1. The third kappa shape index (κ3) is 2.94. The Kier molecular flexibility index (Phi) is 4.07. The number of para-hydroxylation sites is 1. The van der Waals surface area contributed by atoms with Gasteiger partial charge in [-0.2, -0.15) is 0 Å². The molecule has 0 atom stereocenters. The molecule has 2 rings (SSSR count). The summed E-state index contributed by atoms with van der Waals surface area (Å²) < 4.78 is 1.06. The lowest BCUT2D eigenvalue weighted by Gasteiger charge is -2.16. The average Bonchev–Trinajstić information content (AvgIpc) is 2.37. The number of halogens is 1. The Morgan fingerprint density at radius 1 is 0.889 bits per heavy atom. The summed E-state index contributed by atoms with van der Waals surface area (Å²) in [5, 5.41) is 0. The van der Waals surface area contributed by atoms with Gasteiger partial charge in [0.15, 0.2) is 0 Å². The Balaban J connectivity index is 2.42. The van der Waals surface area contributed by atoms with Crippen molar-refractivity contribution in [1.82, 2.24) is 0 Å². The Hall–Kier alpha value is -1.72. The zero-order valence-corrected chi connectivity index (χ0v) is 12.0. The molecule has 0 heterocycles. The molecule has 0 bridgehead atoms. The van der Waals surface area contributed by atoms with Crippen molar-refractivity contribution in [1.29, 1.82) is 0 Å². The fourth-order valence-corrected chi connectivity index (χ4v) is 2.45. The number of hydrogen-bond acceptors (Lipinski definition) is 1. The van der Waals surface area contributed by atoms with Crippen LogP contribution in [0.15, 0.2) is 53.0 Å². The minimum Gasteiger partial charge on any atom is -0.376 e. The van der Waals surface area contributed by atoms with Crippen LogP contribution in [0, 0.1) is 11.8 Å². The van der Waals surface area contributed by atoms with Gasteiger partial charge in [0.25, 0.3) is 0 Å². The van der Waals surface area contributed by atoms with E-state index < -0.39 is 0 Å². The lowest BCUT2D eigenvalue weighted by molar-refractivity contribution is 1.12. The maximum atomic E-state index is 3.56. The van der Waals surface area contributed by atoms with Crippen molar-refractivity contribution in [3.63, 3.8) is 0 Å². The third-order valence-electron chi connectivity index (χ3n) is 2.55. The first-order valence-electron chi connectivity index (χ1n) is 5.71.